The molecule has 1 aromatic carbocycles. The fraction of sp³-hybridized carbons (Fsp3) is 0.267. The van der Waals surface area contributed by atoms with Crippen molar-refractivity contribution in [3.05, 3.63) is 54.2 Å². The number of benzene rings is 1. The molecule has 0 spiro atoms. The van der Waals surface area contributed by atoms with Gasteiger partial charge in [-0.05, 0) is 43.3 Å². The first-order valence-corrected chi connectivity index (χ1v) is 6.24. The maximum atomic E-state index is 13.0. The molecule has 0 saturated heterocycles. The van der Waals surface area contributed by atoms with Crippen molar-refractivity contribution in [2.45, 2.75) is 19.6 Å². The van der Waals surface area contributed by atoms with E-state index in [9.17, 15) is 9.18 Å². The summed E-state index contributed by atoms with van der Waals surface area (Å²) in [5.74, 6) is 0.0837. The van der Waals surface area contributed by atoms with Crippen molar-refractivity contribution in [1.82, 2.24) is 0 Å². The lowest BCUT2D eigenvalue weighted by atomic mass is 10.2. The molecule has 2 rings (SSSR count). The van der Waals surface area contributed by atoms with Crippen LogP contribution in [0.25, 0.3) is 0 Å². The highest BCUT2D eigenvalue weighted by Crippen LogP contribution is 2.19. The summed E-state index contributed by atoms with van der Waals surface area (Å²) in [6, 6.07) is 9.27. The normalized spacial score (nSPS) is 12.2. The Bertz CT molecular complexity index is 551. The van der Waals surface area contributed by atoms with Gasteiger partial charge in [-0.3, -0.25) is 4.79 Å². The van der Waals surface area contributed by atoms with Crippen molar-refractivity contribution in [2.75, 3.05) is 12.0 Å². The number of anilines is 1. The number of ether oxygens (including phenoxy) is 1. The number of hydrogen-bond donors (Lipinski definition) is 0. The van der Waals surface area contributed by atoms with Crippen LogP contribution in [0.3, 0.4) is 0 Å². The van der Waals surface area contributed by atoms with E-state index >= 15 is 0 Å². The fourth-order valence-electron chi connectivity index (χ4n) is 1.80. The Balaban J connectivity index is 2.28. The first-order valence-electron chi connectivity index (χ1n) is 6.24. The summed E-state index contributed by atoms with van der Waals surface area (Å²) in [5.41, 5.74) is 0.594. The molecule has 5 heteroatoms. The second-order valence-electron chi connectivity index (χ2n) is 4.36. The molecule has 0 fully saturated rings. The molecule has 0 N–H and O–H groups in total. The Morgan fingerprint density at radius 1 is 1.35 bits per heavy atom. The number of nitrogens with zero attached hydrogens (tertiary/aromatic N) is 1. The van der Waals surface area contributed by atoms with E-state index in [4.69, 9.17) is 9.15 Å². The molecule has 0 saturated carbocycles. The van der Waals surface area contributed by atoms with E-state index in [1.165, 1.54) is 24.1 Å². The van der Waals surface area contributed by atoms with E-state index in [1.807, 2.05) is 0 Å². The van der Waals surface area contributed by atoms with E-state index in [1.54, 1.807) is 37.5 Å². The number of carbonyl (C=O) groups is 1. The zero-order valence-corrected chi connectivity index (χ0v) is 11.4. The van der Waals surface area contributed by atoms with E-state index in [-0.39, 0.29) is 18.3 Å². The highest BCUT2D eigenvalue weighted by atomic mass is 19.1. The maximum absolute atomic E-state index is 13.0. The van der Waals surface area contributed by atoms with Crippen molar-refractivity contribution in [3.63, 3.8) is 0 Å². The van der Waals surface area contributed by atoms with Crippen LogP contribution in [0.5, 0.6) is 0 Å². The molecule has 0 aliphatic heterocycles. The summed E-state index contributed by atoms with van der Waals surface area (Å²) in [4.78, 5) is 13.9. The van der Waals surface area contributed by atoms with Crippen LogP contribution in [0.15, 0.2) is 47.1 Å². The van der Waals surface area contributed by atoms with Crippen LogP contribution in [0.2, 0.25) is 0 Å². The summed E-state index contributed by atoms with van der Waals surface area (Å²) < 4.78 is 23.3. The summed E-state index contributed by atoms with van der Waals surface area (Å²) in [7, 11) is 1.47. The number of methoxy groups -OCH3 is 1. The number of halogens is 1. The number of furan rings is 1. The standard InChI is InChI=1S/C15H16FNO3/c1-11(19-2)15(18)17(10-14-4-3-9-20-14)13-7-5-12(16)6-8-13/h3-9,11H,10H2,1-2H3/t11-/m0/s1. The molecule has 106 valence electrons. The van der Waals surface area contributed by atoms with Gasteiger partial charge in [0.05, 0.1) is 12.8 Å². The molecule has 4 nitrogen and oxygen atoms in total. The van der Waals surface area contributed by atoms with E-state index in [2.05, 4.69) is 0 Å². The van der Waals surface area contributed by atoms with Crippen LogP contribution in [0.1, 0.15) is 12.7 Å². The van der Waals surface area contributed by atoms with Gasteiger partial charge in [-0.2, -0.15) is 0 Å². The highest BCUT2D eigenvalue weighted by molar-refractivity contribution is 5.96. The molecule has 0 unspecified atom stereocenters. The van der Waals surface area contributed by atoms with Gasteiger partial charge in [-0.1, -0.05) is 0 Å². The first kappa shape index (κ1) is 14.3. The molecule has 1 heterocycles. The Hall–Kier alpha value is -2.14. The molecule has 1 amide bonds. The van der Waals surface area contributed by atoms with Gasteiger partial charge < -0.3 is 14.1 Å². The second-order valence-corrected chi connectivity index (χ2v) is 4.36. The fourth-order valence-corrected chi connectivity index (χ4v) is 1.80. The molecule has 2 aromatic rings. The lowest BCUT2D eigenvalue weighted by Gasteiger charge is -2.24. The van der Waals surface area contributed by atoms with Crippen LogP contribution < -0.4 is 4.90 Å². The van der Waals surface area contributed by atoms with Gasteiger partial charge in [0.25, 0.3) is 5.91 Å². The van der Waals surface area contributed by atoms with E-state index in [0.717, 1.165) is 0 Å². The van der Waals surface area contributed by atoms with Gasteiger partial charge in [0, 0.05) is 12.8 Å². The lowest BCUT2D eigenvalue weighted by Crippen LogP contribution is -2.38. The van der Waals surface area contributed by atoms with Crippen LogP contribution in [0.4, 0.5) is 10.1 Å². The number of rotatable bonds is 5. The average molecular weight is 277 g/mol. The molecular weight excluding hydrogens is 261 g/mol. The van der Waals surface area contributed by atoms with Crippen molar-refractivity contribution < 1.29 is 18.3 Å². The quantitative estimate of drug-likeness (QED) is 0.843. The SMILES string of the molecule is CO[C@@H](C)C(=O)N(Cc1ccco1)c1ccc(F)cc1. The minimum atomic E-state index is -0.588. The van der Waals surface area contributed by atoms with Gasteiger partial charge in [0.15, 0.2) is 0 Å². The number of amides is 1. The Morgan fingerprint density at radius 3 is 2.60 bits per heavy atom. The summed E-state index contributed by atoms with van der Waals surface area (Å²) in [6.45, 7) is 1.94. The van der Waals surface area contributed by atoms with Crippen molar-refractivity contribution in [3.8, 4) is 0 Å². The summed E-state index contributed by atoms with van der Waals surface area (Å²) >= 11 is 0. The maximum Gasteiger partial charge on any atom is 0.256 e. The first-order chi connectivity index (χ1) is 9.61. The van der Waals surface area contributed by atoms with Crippen molar-refractivity contribution in [2.24, 2.45) is 0 Å². The average Bonchev–Trinajstić information content (AvgIpc) is 2.97. The van der Waals surface area contributed by atoms with Crippen LogP contribution in [-0.2, 0) is 16.1 Å². The zero-order valence-electron chi connectivity index (χ0n) is 11.4. The van der Waals surface area contributed by atoms with Crippen LogP contribution in [-0.4, -0.2) is 19.1 Å². The molecule has 1 aromatic heterocycles. The Kier molecular flexibility index (Phi) is 4.53. The topological polar surface area (TPSA) is 42.7 Å². The lowest BCUT2D eigenvalue weighted by molar-refractivity contribution is -0.127. The number of carbonyl (C=O) groups excluding carboxylic acids is 1. The third-order valence-corrected chi connectivity index (χ3v) is 3.00. The van der Waals surface area contributed by atoms with E-state index < -0.39 is 6.10 Å². The van der Waals surface area contributed by atoms with Gasteiger partial charge in [0.1, 0.15) is 17.7 Å². The van der Waals surface area contributed by atoms with Crippen LogP contribution in [0, 0.1) is 5.82 Å². The Labute approximate surface area is 116 Å². The van der Waals surface area contributed by atoms with Gasteiger partial charge >= 0.3 is 0 Å². The summed E-state index contributed by atoms with van der Waals surface area (Å²) in [6.07, 6.45) is 0.956. The Morgan fingerprint density at radius 2 is 2.05 bits per heavy atom. The van der Waals surface area contributed by atoms with Gasteiger partial charge in [0.2, 0.25) is 0 Å². The largest absolute Gasteiger partial charge is 0.467 e. The third kappa shape index (κ3) is 3.24. The predicted molar refractivity (Wildman–Crippen MR) is 72.8 cm³/mol. The molecule has 0 aliphatic rings. The van der Waals surface area contributed by atoms with Gasteiger partial charge in [-0.15, -0.1) is 0 Å². The van der Waals surface area contributed by atoms with Crippen LogP contribution >= 0.6 is 0 Å². The second kappa shape index (κ2) is 6.34. The third-order valence-electron chi connectivity index (χ3n) is 3.00. The zero-order chi connectivity index (χ0) is 14.5. The predicted octanol–water partition coefficient (Wildman–Crippen LogP) is 2.99. The summed E-state index contributed by atoms with van der Waals surface area (Å²) in [5, 5.41) is 0. The monoisotopic (exact) mass is 277 g/mol. The number of hydrogen-bond acceptors (Lipinski definition) is 3. The van der Waals surface area contributed by atoms with Crippen molar-refractivity contribution >= 4 is 11.6 Å². The minimum Gasteiger partial charge on any atom is -0.467 e. The molecule has 0 bridgehead atoms. The van der Waals surface area contributed by atoms with Gasteiger partial charge in [-0.25, -0.2) is 4.39 Å². The highest BCUT2D eigenvalue weighted by Gasteiger charge is 2.22. The molecule has 0 radical (unpaired) electrons. The van der Waals surface area contributed by atoms with Crippen molar-refractivity contribution in [1.29, 1.82) is 0 Å². The molecule has 1 atom stereocenters. The smallest absolute Gasteiger partial charge is 0.256 e. The minimum absolute atomic E-state index is 0.212. The molecule has 0 aliphatic carbocycles. The molecular formula is C15H16FNO3. The molecule has 20 heavy (non-hydrogen) atoms. The van der Waals surface area contributed by atoms with E-state index in [0.29, 0.717) is 11.4 Å².